The molecule has 0 aliphatic carbocycles. The smallest absolute Gasteiger partial charge is 0.321 e. The number of aromatic nitrogens is 1. The van der Waals surface area contributed by atoms with E-state index in [-0.39, 0.29) is 11.9 Å². The number of anilines is 1. The minimum Gasteiger partial charge on any atom is -0.441 e. The number of nitrogens with zero attached hydrogens (tertiary/aromatic N) is 2. The van der Waals surface area contributed by atoms with Crippen molar-refractivity contribution in [3.05, 3.63) is 72.2 Å². The molecule has 2 aromatic carbocycles. The molecule has 160 valence electrons. The van der Waals surface area contributed by atoms with E-state index >= 15 is 0 Å². The SMILES string of the molecule is O=C(CCc1ncc(-c2ccccc2)o1)NCc1cccc(NC(=O)N2CCCC2)c1. The minimum absolute atomic E-state index is 0.0699. The Bertz CT molecular complexity index is 1030. The number of hydrogen-bond donors (Lipinski definition) is 2. The van der Waals surface area contributed by atoms with Gasteiger partial charge in [-0.15, -0.1) is 0 Å². The highest BCUT2D eigenvalue weighted by Crippen LogP contribution is 2.20. The van der Waals surface area contributed by atoms with Gasteiger partial charge in [0.25, 0.3) is 0 Å². The highest BCUT2D eigenvalue weighted by Gasteiger charge is 2.17. The zero-order chi connectivity index (χ0) is 21.5. The first kappa shape index (κ1) is 20.7. The molecule has 3 amide bonds. The first-order valence-corrected chi connectivity index (χ1v) is 10.6. The van der Waals surface area contributed by atoms with Gasteiger partial charge in [0, 0.05) is 43.7 Å². The number of aryl methyl sites for hydroxylation is 1. The van der Waals surface area contributed by atoms with Crippen LogP contribution < -0.4 is 10.6 Å². The lowest BCUT2D eigenvalue weighted by Crippen LogP contribution is -2.32. The lowest BCUT2D eigenvalue weighted by atomic mass is 10.2. The molecule has 31 heavy (non-hydrogen) atoms. The van der Waals surface area contributed by atoms with E-state index in [1.165, 1.54) is 0 Å². The van der Waals surface area contributed by atoms with Gasteiger partial charge in [0.05, 0.1) is 6.20 Å². The summed E-state index contributed by atoms with van der Waals surface area (Å²) in [5.41, 5.74) is 2.62. The molecule has 1 aliphatic heterocycles. The maximum atomic E-state index is 12.2. The molecule has 0 bridgehead atoms. The van der Waals surface area contributed by atoms with Crippen LogP contribution in [0.3, 0.4) is 0 Å². The fourth-order valence-electron chi connectivity index (χ4n) is 3.55. The predicted octanol–water partition coefficient (Wildman–Crippen LogP) is 4.22. The Kier molecular flexibility index (Phi) is 6.62. The van der Waals surface area contributed by atoms with E-state index in [2.05, 4.69) is 15.6 Å². The van der Waals surface area contributed by atoms with Crippen LogP contribution in [0.4, 0.5) is 10.5 Å². The topological polar surface area (TPSA) is 87.5 Å². The van der Waals surface area contributed by atoms with Crippen LogP contribution in [0.15, 0.2) is 65.2 Å². The molecule has 0 saturated carbocycles. The molecule has 1 aliphatic rings. The number of carbonyl (C=O) groups is 2. The third kappa shape index (κ3) is 5.72. The number of oxazole rings is 1. The maximum Gasteiger partial charge on any atom is 0.321 e. The van der Waals surface area contributed by atoms with Gasteiger partial charge in [0.15, 0.2) is 11.7 Å². The van der Waals surface area contributed by atoms with E-state index in [4.69, 9.17) is 4.42 Å². The predicted molar refractivity (Wildman–Crippen MR) is 118 cm³/mol. The molecule has 1 fully saturated rings. The fraction of sp³-hybridized carbons (Fsp3) is 0.292. The number of benzene rings is 2. The standard InChI is InChI=1S/C24H26N4O3/c29-22(11-12-23-26-17-21(31-23)19-8-2-1-3-9-19)25-16-18-7-6-10-20(15-18)27-24(30)28-13-4-5-14-28/h1-3,6-10,15,17H,4-5,11-14,16H2,(H,25,29)(H,27,30). The number of hydrogen-bond acceptors (Lipinski definition) is 4. The van der Waals surface area contributed by atoms with E-state index in [9.17, 15) is 9.59 Å². The molecule has 2 heterocycles. The summed E-state index contributed by atoms with van der Waals surface area (Å²) >= 11 is 0. The largest absolute Gasteiger partial charge is 0.441 e. The second-order valence-electron chi connectivity index (χ2n) is 7.59. The van der Waals surface area contributed by atoms with Gasteiger partial charge in [0.1, 0.15) is 0 Å². The highest BCUT2D eigenvalue weighted by atomic mass is 16.4. The first-order valence-electron chi connectivity index (χ1n) is 10.6. The Morgan fingerprint density at radius 2 is 1.84 bits per heavy atom. The van der Waals surface area contributed by atoms with Gasteiger partial charge in [-0.05, 0) is 30.5 Å². The van der Waals surface area contributed by atoms with Gasteiger partial charge >= 0.3 is 6.03 Å². The Morgan fingerprint density at radius 3 is 2.65 bits per heavy atom. The van der Waals surface area contributed by atoms with Crippen LogP contribution in [-0.2, 0) is 17.8 Å². The van der Waals surface area contributed by atoms with E-state index in [0.29, 0.717) is 31.0 Å². The third-order valence-electron chi connectivity index (χ3n) is 5.24. The average molecular weight is 418 g/mol. The zero-order valence-electron chi connectivity index (χ0n) is 17.3. The van der Waals surface area contributed by atoms with Crippen LogP contribution >= 0.6 is 0 Å². The Morgan fingerprint density at radius 1 is 1.03 bits per heavy atom. The van der Waals surface area contributed by atoms with Gasteiger partial charge < -0.3 is 20.0 Å². The second kappa shape index (κ2) is 9.93. The third-order valence-corrected chi connectivity index (χ3v) is 5.24. The lowest BCUT2D eigenvalue weighted by Gasteiger charge is -2.16. The van der Waals surface area contributed by atoms with Crippen molar-refractivity contribution in [2.75, 3.05) is 18.4 Å². The summed E-state index contributed by atoms with van der Waals surface area (Å²) in [7, 11) is 0. The van der Waals surface area contributed by atoms with Gasteiger partial charge in [-0.3, -0.25) is 4.79 Å². The summed E-state index contributed by atoms with van der Waals surface area (Å²) in [5, 5.41) is 5.84. The second-order valence-corrected chi connectivity index (χ2v) is 7.59. The van der Waals surface area contributed by atoms with Crippen LogP contribution in [-0.4, -0.2) is 34.9 Å². The van der Waals surface area contributed by atoms with Gasteiger partial charge in [0.2, 0.25) is 5.91 Å². The molecule has 0 radical (unpaired) electrons. The normalized spacial score (nSPS) is 13.2. The quantitative estimate of drug-likeness (QED) is 0.601. The number of nitrogens with one attached hydrogen (secondary N) is 2. The summed E-state index contributed by atoms with van der Waals surface area (Å²) < 4.78 is 5.74. The monoisotopic (exact) mass is 418 g/mol. The van der Waals surface area contributed by atoms with E-state index in [1.54, 1.807) is 6.20 Å². The number of likely N-dealkylation sites (tertiary alicyclic amines) is 1. The summed E-state index contributed by atoms with van der Waals surface area (Å²) in [6, 6.07) is 17.2. The molecule has 7 nitrogen and oxygen atoms in total. The molecular weight excluding hydrogens is 392 g/mol. The van der Waals surface area contributed by atoms with Crippen molar-refractivity contribution < 1.29 is 14.0 Å². The van der Waals surface area contributed by atoms with Crippen LogP contribution in [0.1, 0.15) is 30.7 Å². The van der Waals surface area contributed by atoms with E-state index in [1.807, 2.05) is 59.5 Å². The molecule has 0 spiro atoms. The van der Waals surface area contributed by atoms with Crippen molar-refractivity contribution in [1.29, 1.82) is 0 Å². The molecule has 0 atom stereocenters. The zero-order valence-corrected chi connectivity index (χ0v) is 17.3. The lowest BCUT2D eigenvalue weighted by molar-refractivity contribution is -0.121. The summed E-state index contributed by atoms with van der Waals surface area (Å²) in [5.74, 6) is 1.16. The molecule has 7 heteroatoms. The van der Waals surface area contributed by atoms with Crippen molar-refractivity contribution in [3.63, 3.8) is 0 Å². The van der Waals surface area contributed by atoms with Crippen molar-refractivity contribution in [2.45, 2.75) is 32.2 Å². The summed E-state index contributed by atoms with van der Waals surface area (Å²) in [4.78, 5) is 30.6. The molecule has 2 N–H and O–H groups in total. The van der Waals surface area contributed by atoms with Gasteiger partial charge in [-0.25, -0.2) is 9.78 Å². The van der Waals surface area contributed by atoms with Crippen LogP contribution in [0.25, 0.3) is 11.3 Å². The molecule has 1 aromatic heterocycles. The van der Waals surface area contributed by atoms with Crippen LogP contribution in [0.5, 0.6) is 0 Å². The number of carbonyl (C=O) groups excluding carboxylic acids is 2. The highest BCUT2D eigenvalue weighted by molar-refractivity contribution is 5.89. The van der Waals surface area contributed by atoms with E-state index in [0.717, 1.165) is 42.7 Å². The summed E-state index contributed by atoms with van der Waals surface area (Å²) in [6.45, 7) is 2.00. The first-order chi connectivity index (χ1) is 15.2. The van der Waals surface area contributed by atoms with Gasteiger partial charge in [-0.1, -0.05) is 42.5 Å². The van der Waals surface area contributed by atoms with Crippen molar-refractivity contribution in [2.24, 2.45) is 0 Å². The molecule has 4 rings (SSSR count). The Hall–Kier alpha value is -3.61. The Labute approximate surface area is 181 Å². The Balaban J connectivity index is 1.23. The van der Waals surface area contributed by atoms with Crippen LogP contribution in [0.2, 0.25) is 0 Å². The average Bonchev–Trinajstić information content (AvgIpc) is 3.50. The molecule has 1 saturated heterocycles. The molecular formula is C24H26N4O3. The van der Waals surface area contributed by atoms with Crippen molar-refractivity contribution >= 4 is 17.6 Å². The maximum absolute atomic E-state index is 12.2. The van der Waals surface area contributed by atoms with E-state index < -0.39 is 0 Å². The van der Waals surface area contributed by atoms with Crippen molar-refractivity contribution in [1.82, 2.24) is 15.2 Å². The van der Waals surface area contributed by atoms with Crippen molar-refractivity contribution in [3.8, 4) is 11.3 Å². The number of urea groups is 1. The summed E-state index contributed by atoms with van der Waals surface area (Å²) in [6.07, 6.45) is 4.52. The molecule has 3 aromatic rings. The van der Waals surface area contributed by atoms with Gasteiger partial charge in [-0.2, -0.15) is 0 Å². The molecule has 0 unspecified atom stereocenters. The fourth-order valence-corrected chi connectivity index (χ4v) is 3.55. The number of amides is 3. The minimum atomic E-state index is -0.0778. The number of rotatable bonds is 7. The van der Waals surface area contributed by atoms with Crippen LogP contribution in [0, 0.1) is 0 Å².